The van der Waals surface area contributed by atoms with Gasteiger partial charge in [0.25, 0.3) is 0 Å². The molecule has 0 aliphatic carbocycles. The van der Waals surface area contributed by atoms with E-state index >= 15 is 0 Å². The van der Waals surface area contributed by atoms with Crippen molar-refractivity contribution in [3.8, 4) is 0 Å². The molecule has 0 fully saturated rings. The van der Waals surface area contributed by atoms with E-state index in [-0.39, 0.29) is 0 Å². The minimum absolute atomic E-state index is 0.763. The van der Waals surface area contributed by atoms with E-state index in [9.17, 15) is 4.79 Å². The van der Waals surface area contributed by atoms with Gasteiger partial charge in [0.1, 0.15) is 0 Å². The maximum atomic E-state index is 11.0. The fraction of sp³-hybridized carbons (Fsp3) is 0.300. The van der Waals surface area contributed by atoms with Crippen LogP contribution >= 0.6 is 31.9 Å². The fourth-order valence-electron chi connectivity index (χ4n) is 1.09. The predicted molar refractivity (Wildman–Crippen MR) is 62.5 cm³/mol. The summed E-state index contributed by atoms with van der Waals surface area (Å²) in [6.07, 6.45) is 0. The first kappa shape index (κ1) is 11.7. The van der Waals surface area contributed by atoms with Crippen LogP contribution in [0.2, 0.25) is 0 Å². The van der Waals surface area contributed by atoms with Crippen molar-refractivity contribution in [3.05, 3.63) is 32.7 Å². The molecule has 0 aliphatic rings. The van der Waals surface area contributed by atoms with Crippen molar-refractivity contribution in [3.63, 3.8) is 0 Å². The Labute approximate surface area is 99.6 Å². The second kappa shape index (κ2) is 4.03. The molecule has 0 saturated heterocycles. The fourth-order valence-corrected chi connectivity index (χ4v) is 2.19. The molecule has 0 amide bonds. The SMILES string of the molecule is CC(C)(C(=O)O)c1cc(Br)ccc1Br. The Kier molecular flexibility index (Phi) is 3.37. The summed E-state index contributed by atoms with van der Waals surface area (Å²) in [6, 6.07) is 5.52. The lowest BCUT2D eigenvalue weighted by Crippen LogP contribution is -2.28. The molecule has 0 radical (unpaired) electrons. The highest BCUT2D eigenvalue weighted by atomic mass is 79.9. The normalized spacial score (nSPS) is 11.4. The summed E-state index contributed by atoms with van der Waals surface area (Å²) < 4.78 is 1.69. The van der Waals surface area contributed by atoms with Crippen LogP contribution in [-0.4, -0.2) is 11.1 Å². The van der Waals surface area contributed by atoms with Gasteiger partial charge < -0.3 is 5.11 Å². The Hall–Kier alpha value is -0.350. The summed E-state index contributed by atoms with van der Waals surface area (Å²) in [6.45, 7) is 3.36. The third-order valence-electron chi connectivity index (χ3n) is 2.14. The third-order valence-corrected chi connectivity index (χ3v) is 3.32. The number of halogens is 2. The van der Waals surface area contributed by atoms with E-state index in [4.69, 9.17) is 5.11 Å². The van der Waals surface area contributed by atoms with Crippen LogP contribution in [0, 0.1) is 0 Å². The maximum Gasteiger partial charge on any atom is 0.313 e. The van der Waals surface area contributed by atoms with Crippen LogP contribution in [0.4, 0.5) is 0 Å². The maximum absolute atomic E-state index is 11.0. The molecule has 14 heavy (non-hydrogen) atoms. The molecule has 0 spiro atoms. The lowest BCUT2D eigenvalue weighted by Gasteiger charge is -2.21. The van der Waals surface area contributed by atoms with Gasteiger partial charge in [-0.3, -0.25) is 4.79 Å². The van der Waals surface area contributed by atoms with Crippen LogP contribution in [0.3, 0.4) is 0 Å². The van der Waals surface area contributed by atoms with Gasteiger partial charge in [0.15, 0.2) is 0 Å². The first-order chi connectivity index (χ1) is 6.35. The molecule has 2 nitrogen and oxygen atoms in total. The van der Waals surface area contributed by atoms with Gasteiger partial charge in [-0.15, -0.1) is 0 Å². The van der Waals surface area contributed by atoms with Gasteiger partial charge >= 0.3 is 5.97 Å². The van der Waals surface area contributed by atoms with Crippen LogP contribution in [0.5, 0.6) is 0 Å². The Bertz CT molecular complexity index is 372. The highest BCUT2D eigenvalue weighted by molar-refractivity contribution is 9.11. The number of carboxylic acids is 1. The third kappa shape index (κ3) is 2.17. The Morgan fingerprint density at radius 3 is 2.43 bits per heavy atom. The topological polar surface area (TPSA) is 37.3 Å². The molecule has 0 aliphatic heterocycles. The molecule has 1 rings (SSSR count). The molecular formula is C10H10Br2O2. The van der Waals surface area contributed by atoms with Crippen molar-refractivity contribution in [1.29, 1.82) is 0 Å². The Morgan fingerprint density at radius 1 is 1.36 bits per heavy atom. The lowest BCUT2D eigenvalue weighted by molar-refractivity contribution is -0.142. The highest BCUT2D eigenvalue weighted by Crippen LogP contribution is 2.32. The van der Waals surface area contributed by atoms with E-state index in [1.807, 2.05) is 18.2 Å². The number of carboxylic acid groups (broad SMARTS) is 1. The molecule has 1 aromatic rings. The molecule has 76 valence electrons. The van der Waals surface area contributed by atoms with E-state index in [1.54, 1.807) is 13.8 Å². The zero-order valence-corrected chi connectivity index (χ0v) is 11.0. The monoisotopic (exact) mass is 320 g/mol. The van der Waals surface area contributed by atoms with Crippen molar-refractivity contribution in [2.24, 2.45) is 0 Å². The molecular weight excluding hydrogens is 312 g/mol. The van der Waals surface area contributed by atoms with Crippen LogP contribution in [-0.2, 0) is 10.2 Å². The standard InChI is InChI=1S/C10H10Br2O2/c1-10(2,9(13)14)7-5-6(11)3-4-8(7)12/h3-5H,1-2H3,(H,13,14). The zero-order chi connectivity index (χ0) is 10.9. The number of hydrogen-bond donors (Lipinski definition) is 1. The van der Waals surface area contributed by atoms with Crippen molar-refractivity contribution in [2.75, 3.05) is 0 Å². The van der Waals surface area contributed by atoms with Crippen molar-refractivity contribution in [1.82, 2.24) is 0 Å². The van der Waals surface area contributed by atoms with E-state index in [0.29, 0.717) is 0 Å². The molecule has 0 saturated carbocycles. The van der Waals surface area contributed by atoms with E-state index in [1.165, 1.54) is 0 Å². The molecule has 0 unspecified atom stereocenters. The van der Waals surface area contributed by atoms with Crippen molar-refractivity contribution < 1.29 is 9.90 Å². The van der Waals surface area contributed by atoms with Gasteiger partial charge in [-0.2, -0.15) is 0 Å². The van der Waals surface area contributed by atoms with E-state index in [2.05, 4.69) is 31.9 Å². The zero-order valence-electron chi connectivity index (χ0n) is 7.84. The predicted octanol–water partition coefficient (Wildman–Crippen LogP) is 3.57. The second-order valence-corrected chi connectivity index (χ2v) is 5.32. The van der Waals surface area contributed by atoms with Gasteiger partial charge in [0.05, 0.1) is 5.41 Å². The summed E-state index contributed by atoms with van der Waals surface area (Å²) in [5.74, 6) is -0.837. The summed E-state index contributed by atoms with van der Waals surface area (Å²) >= 11 is 6.67. The summed E-state index contributed by atoms with van der Waals surface area (Å²) in [5, 5.41) is 9.07. The number of aliphatic carboxylic acids is 1. The van der Waals surface area contributed by atoms with Crippen LogP contribution in [0.1, 0.15) is 19.4 Å². The Morgan fingerprint density at radius 2 is 1.93 bits per heavy atom. The van der Waals surface area contributed by atoms with Gasteiger partial charge in [0.2, 0.25) is 0 Å². The van der Waals surface area contributed by atoms with Crippen molar-refractivity contribution in [2.45, 2.75) is 19.3 Å². The Balaban J connectivity index is 3.31. The molecule has 0 heterocycles. The highest BCUT2D eigenvalue weighted by Gasteiger charge is 2.31. The number of rotatable bonds is 2. The molecule has 0 bridgehead atoms. The largest absolute Gasteiger partial charge is 0.481 e. The molecule has 0 atom stereocenters. The number of hydrogen-bond acceptors (Lipinski definition) is 1. The first-order valence-corrected chi connectivity index (χ1v) is 5.63. The van der Waals surface area contributed by atoms with Crippen LogP contribution in [0.15, 0.2) is 27.1 Å². The van der Waals surface area contributed by atoms with Gasteiger partial charge in [-0.1, -0.05) is 31.9 Å². The molecule has 0 aromatic heterocycles. The first-order valence-electron chi connectivity index (χ1n) is 4.04. The molecule has 4 heteroatoms. The smallest absolute Gasteiger partial charge is 0.313 e. The summed E-state index contributed by atoms with van der Waals surface area (Å²) in [7, 11) is 0. The van der Waals surface area contributed by atoms with Gasteiger partial charge in [0, 0.05) is 8.95 Å². The summed E-state index contributed by atoms with van der Waals surface area (Å²) in [5.41, 5.74) is -0.123. The average Bonchev–Trinajstić information content (AvgIpc) is 2.08. The lowest BCUT2D eigenvalue weighted by atomic mass is 9.85. The minimum Gasteiger partial charge on any atom is -0.481 e. The molecule has 1 aromatic carbocycles. The van der Waals surface area contributed by atoms with Crippen molar-refractivity contribution >= 4 is 37.8 Å². The van der Waals surface area contributed by atoms with E-state index in [0.717, 1.165) is 14.5 Å². The quantitative estimate of drug-likeness (QED) is 0.904. The molecule has 1 N–H and O–H groups in total. The van der Waals surface area contributed by atoms with E-state index < -0.39 is 11.4 Å². The minimum atomic E-state index is -0.886. The van der Waals surface area contributed by atoms with Crippen LogP contribution < -0.4 is 0 Å². The number of carbonyl (C=O) groups is 1. The second-order valence-electron chi connectivity index (χ2n) is 3.55. The van der Waals surface area contributed by atoms with Gasteiger partial charge in [-0.25, -0.2) is 0 Å². The number of benzene rings is 1. The summed E-state index contributed by atoms with van der Waals surface area (Å²) in [4.78, 5) is 11.0. The van der Waals surface area contributed by atoms with Crippen LogP contribution in [0.25, 0.3) is 0 Å². The van der Waals surface area contributed by atoms with Gasteiger partial charge in [-0.05, 0) is 37.6 Å². The average molecular weight is 322 g/mol.